The zero-order chi connectivity index (χ0) is 13.7. The van der Waals surface area contributed by atoms with Crippen molar-refractivity contribution in [3.63, 3.8) is 0 Å². The van der Waals surface area contributed by atoms with Gasteiger partial charge in [-0.25, -0.2) is 0 Å². The van der Waals surface area contributed by atoms with Gasteiger partial charge in [0.1, 0.15) is 0 Å². The van der Waals surface area contributed by atoms with E-state index in [1.807, 2.05) is 12.3 Å². The summed E-state index contributed by atoms with van der Waals surface area (Å²) in [7, 11) is 0. The van der Waals surface area contributed by atoms with Crippen molar-refractivity contribution in [3.05, 3.63) is 54.2 Å². The summed E-state index contributed by atoms with van der Waals surface area (Å²) in [5.74, 6) is 0. The van der Waals surface area contributed by atoms with Gasteiger partial charge < -0.3 is 5.32 Å². The highest BCUT2D eigenvalue weighted by atomic mass is 14.9. The number of pyridine rings is 1. The molecule has 0 aliphatic carbocycles. The minimum Gasteiger partial charge on any atom is -0.310 e. The zero-order valence-electron chi connectivity index (χ0n) is 11.8. The molecule has 1 aromatic carbocycles. The maximum Gasteiger partial charge on any atom is 0.0702 e. The van der Waals surface area contributed by atoms with E-state index in [1.165, 1.54) is 16.5 Å². The fraction of sp³-hybridized carbons (Fsp3) is 0.353. The summed E-state index contributed by atoms with van der Waals surface area (Å²) in [5, 5.41) is 4.75. The Balaban J connectivity index is 2.30. The van der Waals surface area contributed by atoms with Crippen molar-refractivity contribution >= 4 is 10.9 Å². The number of rotatable bonds is 6. The number of nitrogens with one attached hydrogen (secondary N) is 1. The van der Waals surface area contributed by atoms with Crippen LogP contribution in [0.3, 0.4) is 0 Å². The van der Waals surface area contributed by atoms with E-state index in [9.17, 15) is 0 Å². The van der Waals surface area contributed by atoms with E-state index in [-0.39, 0.29) is 0 Å². The summed E-state index contributed by atoms with van der Waals surface area (Å²) in [6, 6.07) is 11.0. The number of fused-ring (bicyclic) bond motifs is 1. The molecular weight excluding hydrogens is 232 g/mol. The van der Waals surface area contributed by atoms with E-state index in [0.29, 0.717) is 6.04 Å². The quantitative estimate of drug-likeness (QED) is 0.780. The molecule has 2 aromatic rings. The number of hydrogen-bond acceptors (Lipinski definition) is 2. The lowest BCUT2D eigenvalue weighted by Crippen LogP contribution is -2.21. The average molecular weight is 254 g/mol. The van der Waals surface area contributed by atoms with Crippen LogP contribution in [0.2, 0.25) is 0 Å². The van der Waals surface area contributed by atoms with Gasteiger partial charge in [0, 0.05) is 17.6 Å². The summed E-state index contributed by atoms with van der Waals surface area (Å²) in [4.78, 5) is 4.37. The molecule has 0 aliphatic rings. The molecule has 19 heavy (non-hydrogen) atoms. The lowest BCUT2D eigenvalue weighted by atomic mass is 9.97. The Hall–Kier alpha value is -1.67. The monoisotopic (exact) mass is 254 g/mol. The molecule has 0 amide bonds. The Morgan fingerprint density at radius 1 is 1.32 bits per heavy atom. The highest BCUT2D eigenvalue weighted by molar-refractivity contribution is 5.79. The van der Waals surface area contributed by atoms with Crippen molar-refractivity contribution in [2.45, 2.75) is 32.7 Å². The number of benzene rings is 1. The highest BCUT2D eigenvalue weighted by Crippen LogP contribution is 2.24. The Bertz CT molecular complexity index is 560. The average Bonchev–Trinajstić information content (AvgIpc) is 2.46. The third kappa shape index (κ3) is 3.42. The molecule has 0 radical (unpaired) electrons. The molecule has 1 atom stereocenters. The summed E-state index contributed by atoms with van der Waals surface area (Å²) in [6.07, 6.45) is 3.87. The zero-order valence-corrected chi connectivity index (χ0v) is 11.8. The molecule has 2 heteroatoms. The van der Waals surface area contributed by atoms with E-state index in [4.69, 9.17) is 0 Å². The molecule has 0 bridgehead atoms. The van der Waals surface area contributed by atoms with Gasteiger partial charge in [0.25, 0.3) is 0 Å². The fourth-order valence-corrected chi connectivity index (χ4v) is 2.30. The highest BCUT2D eigenvalue weighted by Gasteiger charge is 2.11. The summed E-state index contributed by atoms with van der Waals surface area (Å²) < 4.78 is 0. The van der Waals surface area contributed by atoms with Crippen molar-refractivity contribution in [1.29, 1.82) is 0 Å². The van der Waals surface area contributed by atoms with E-state index in [2.05, 4.69) is 55.0 Å². The van der Waals surface area contributed by atoms with Gasteiger partial charge in [-0.3, -0.25) is 4.98 Å². The molecule has 1 unspecified atom stereocenters. The second-order valence-corrected chi connectivity index (χ2v) is 4.87. The van der Waals surface area contributed by atoms with Crippen LogP contribution in [-0.2, 0) is 0 Å². The third-order valence-electron chi connectivity index (χ3n) is 3.47. The normalized spacial score (nSPS) is 12.5. The van der Waals surface area contributed by atoms with Gasteiger partial charge in [0.05, 0.1) is 5.52 Å². The molecule has 1 heterocycles. The second kappa shape index (κ2) is 6.48. The van der Waals surface area contributed by atoms with E-state index >= 15 is 0 Å². The van der Waals surface area contributed by atoms with Crippen molar-refractivity contribution in [3.8, 4) is 0 Å². The van der Waals surface area contributed by atoms with Crippen molar-refractivity contribution in [2.75, 3.05) is 6.54 Å². The number of nitrogens with zero attached hydrogens (tertiary/aromatic N) is 1. The molecular formula is C17H22N2. The van der Waals surface area contributed by atoms with E-state index < -0.39 is 0 Å². The molecule has 0 fully saturated rings. The van der Waals surface area contributed by atoms with Crippen LogP contribution in [0.1, 0.15) is 38.3 Å². The van der Waals surface area contributed by atoms with Crippen molar-refractivity contribution in [2.24, 2.45) is 0 Å². The molecule has 0 saturated carbocycles. The first-order valence-electron chi connectivity index (χ1n) is 6.99. The maximum absolute atomic E-state index is 4.37. The summed E-state index contributed by atoms with van der Waals surface area (Å²) in [5.41, 5.74) is 3.66. The molecule has 0 saturated heterocycles. The van der Waals surface area contributed by atoms with Crippen LogP contribution in [0.5, 0.6) is 0 Å². The number of aromatic nitrogens is 1. The van der Waals surface area contributed by atoms with Gasteiger partial charge in [-0.05, 0) is 43.1 Å². The molecule has 0 spiro atoms. The Labute approximate surface area is 115 Å². The minimum absolute atomic E-state index is 0.349. The maximum atomic E-state index is 4.37. The van der Waals surface area contributed by atoms with Crippen LogP contribution in [0, 0.1) is 0 Å². The molecule has 2 nitrogen and oxygen atoms in total. The third-order valence-corrected chi connectivity index (χ3v) is 3.47. The van der Waals surface area contributed by atoms with Crippen LogP contribution >= 0.6 is 0 Å². The largest absolute Gasteiger partial charge is 0.310 e. The van der Waals surface area contributed by atoms with Gasteiger partial charge in [-0.15, -0.1) is 0 Å². The molecule has 2 rings (SSSR count). The van der Waals surface area contributed by atoms with Gasteiger partial charge in [0.15, 0.2) is 0 Å². The first-order chi connectivity index (χ1) is 9.24. The van der Waals surface area contributed by atoms with Gasteiger partial charge in [-0.2, -0.15) is 0 Å². The van der Waals surface area contributed by atoms with Gasteiger partial charge >= 0.3 is 0 Å². The topological polar surface area (TPSA) is 24.9 Å². The minimum atomic E-state index is 0.349. The molecule has 0 aliphatic heterocycles. The first kappa shape index (κ1) is 13.8. The smallest absolute Gasteiger partial charge is 0.0702 e. The van der Waals surface area contributed by atoms with E-state index in [0.717, 1.165) is 24.9 Å². The van der Waals surface area contributed by atoms with Crippen LogP contribution in [0.25, 0.3) is 10.9 Å². The first-order valence-corrected chi connectivity index (χ1v) is 6.99. The summed E-state index contributed by atoms with van der Waals surface area (Å²) in [6.45, 7) is 9.40. The summed E-state index contributed by atoms with van der Waals surface area (Å²) >= 11 is 0. The van der Waals surface area contributed by atoms with Crippen LogP contribution in [0.4, 0.5) is 0 Å². The van der Waals surface area contributed by atoms with Crippen molar-refractivity contribution < 1.29 is 0 Å². The standard InChI is InChI=1S/C17H22N2/c1-4-13(3)11-17(18-5-2)15-8-9-16-14(12-15)7-6-10-19-16/h6-10,12,17-18H,3-5,11H2,1-2H3. The SMILES string of the molecule is C=C(CC)CC(NCC)c1ccc2ncccc2c1. The van der Waals surface area contributed by atoms with Crippen LogP contribution in [-0.4, -0.2) is 11.5 Å². The number of hydrogen-bond donors (Lipinski definition) is 1. The van der Waals surface area contributed by atoms with Gasteiger partial charge in [0.2, 0.25) is 0 Å². The second-order valence-electron chi connectivity index (χ2n) is 4.87. The lowest BCUT2D eigenvalue weighted by Gasteiger charge is -2.19. The molecule has 100 valence electrons. The lowest BCUT2D eigenvalue weighted by molar-refractivity contribution is 0.543. The Morgan fingerprint density at radius 2 is 2.16 bits per heavy atom. The van der Waals surface area contributed by atoms with E-state index in [1.54, 1.807) is 0 Å². The Kier molecular flexibility index (Phi) is 4.69. The van der Waals surface area contributed by atoms with Crippen LogP contribution in [0.15, 0.2) is 48.7 Å². The van der Waals surface area contributed by atoms with Crippen molar-refractivity contribution in [1.82, 2.24) is 10.3 Å². The predicted molar refractivity (Wildman–Crippen MR) is 82.2 cm³/mol. The van der Waals surface area contributed by atoms with Crippen LogP contribution < -0.4 is 5.32 Å². The predicted octanol–water partition coefficient (Wildman–Crippen LogP) is 4.24. The fourth-order valence-electron chi connectivity index (χ4n) is 2.30. The molecule has 1 N–H and O–H groups in total. The molecule has 1 aromatic heterocycles. The van der Waals surface area contributed by atoms with Gasteiger partial charge in [-0.1, -0.05) is 38.1 Å². The Morgan fingerprint density at radius 3 is 2.89 bits per heavy atom.